The number of allylic oxidation sites excluding steroid dienone is 1. The molecule has 0 aliphatic heterocycles. The van der Waals surface area contributed by atoms with Crippen LogP contribution in [0.1, 0.15) is 425 Å². The number of ether oxygens (including phenoxy) is 1. The van der Waals surface area contributed by atoms with Crippen LogP contribution in [0.3, 0.4) is 0 Å². The molecule has 0 saturated carbocycles. The number of nitrogens with one attached hydrogen (secondary N) is 1. The zero-order chi connectivity index (χ0) is 57.8. The van der Waals surface area contributed by atoms with Crippen molar-refractivity contribution in [2.45, 2.75) is 437 Å². The lowest BCUT2D eigenvalue weighted by Crippen LogP contribution is -2.45. The van der Waals surface area contributed by atoms with Gasteiger partial charge >= 0.3 is 5.97 Å². The SMILES string of the molecule is CCCCCCCCCCCCCCCCCCCCC/C=C/C(O)C(CO)NC(=O)CCCCCCCCCCCCCCCCCCCCCCCCCCCCCCCCCOC(=O)CCCCCCCCCCCCC. The summed E-state index contributed by atoms with van der Waals surface area (Å²) in [7, 11) is 0. The minimum Gasteiger partial charge on any atom is -0.466 e. The largest absolute Gasteiger partial charge is 0.466 e. The Bertz CT molecular complexity index is 1210. The second kappa shape index (κ2) is 70.1. The van der Waals surface area contributed by atoms with E-state index >= 15 is 0 Å². The predicted molar refractivity (Wildman–Crippen MR) is 352 cm³/mol. The number of hydrogen-bond donors (Lipinski definition) is 3. The molecule has 0 saturated heterocycles. The van der Waals surface area contributed by atoms with E-state index in [0.29, 0.717) is 19.4 Å². The number of esters is 1. The number of aliphatic hydroxyl groups excluding tert-OH is 2. The van der Waals surface area contributed by atoms with E-state index in [4.69, 9.17) is 4.74 Å². The van der Waals surface area contributed by atoms with Gasteiger partial charge in [0, 0.05) is 12.8 Å². The third kappa shape index (κ3) is 65.7. The van der Waals surface area contributed by atoms with E-state index in [1.165, 1.54) is 360 Å². The lowest BCUT2D eigenvalue weighted by Gasteiger charge is -2.20. The summed E-state index contributed by atoms with van der Waals surface area (Å²) in [5, 5.41) is 23.3. The Morgan fingerprint density at radius 2 is 0.575 bits per heavy atom. The number of carbonyl (C=O) groups excluding carboxylic acids is 2. The highest BCUT2D eigenvalue weighted by atomic mass is 16.5. The minimum atomic E-state index is -0.842. The zero-order valence-electron chi connectivity index (χ0n) is 54.6. The van der Waals surface area contributed by atoms with Crippen LogP contribution in [0.15, 0.2) is 12.2 Å². The Kier molecular flexibility index (Phi) is 68.9. The molecule has 6 heteroatoms. The van der Waals surface area contributed by atoms with Crippen LogP contribution in [0, 0.1) is 0 Å². The van der Waals surface area contributed by atoms with Crippen molar-refractivity contribution in [1.29, 1.82) is 0 Å². The summed E-state index contributed by atoms with van der Waals surface area (Å²) in [6.45, 7) is 4.95. The van der Waals surface area contributed by atoms with Crippen LogP contribution in [0.4, 0.5) is 0 Å². The fourth-order valence-corrected chi connectivity index (χ4v) is 11.9. The Hall–Kier alpha value is -1.40. The van der Waals surface area contributed by atoms with Gasteiger partial charge in [0.15, 0.2) is 0 Å². The molecule has 2 atom stereocenters. The molecule has 0 fully saturated rings. The van der Waals surface area contributed by atoms with Crippen molar-refractivity contribution in [3.05, 3.63) is 12.2 Å². The van der Waals surface area contributed by atoms with Crippen molar-refractivity contribution in [3.8, 4) is 0 Å². The highest BCUT2D eigenvalue weighted by Gasteiger charge is 2.18. The van der Waals surface area contributed by atoms with Crippen molar-refractivity contribution < 1.29 is 24.5 Å². The molecule has 6 nitrogen and oxygen atoms in total. The molecule has 0 bridgehead atoms. The Labute approximate surface area is 501 Å². The predicted octanol–water partition coefficient (Wildman–Crippen LogP) is 23.9. The fourth-order valence-electron chi connectivity index (χ4n) is 11.9. The molecule has 0 spiro atoms. The number of unbranched alkanes of at least 4 members (excludes halogenated alkanes) is 59. The zero-order valence-corrected chi connectivity index (χ0v) is 54.6. The first-order valence-corrected chi connectivity index (χ1v) is 37.0. The lowest BCUT2D eigenvalue weighted by atomic mass is 10.0. The van der Waals surface area contributed by atoms with Gasteiger partial charge in [0.1, 0.15) is 0 Å². The maximum atomic E-state index is 12.5. The summed E-state index contributed by atoms with van der Waals surface area (Å²) in [5.74, 6) is -0.0378. The van der Waals surface area contributed by atoms with Gasteiger partial charge in [-0.05, 0) is 32.1 Å². The van der Waals surface area contributed by atoms with E-state index in [1.54, 1.807) is 6.08 Å². The van der Waals surface area contributed by atoms with E-state index in [0.717, 1.165) is 38.5 Å². The number of rotatable bonds is 70. The summed E-state index contributed by atoms with van der Waals surface area (Å²) < 4.78 is 5.48. The fraction of sp³-hybridized carbons (Fsp3) is 0.946. The molecule has 0 radical (unpaired) electrons. The quantitative estimate of drug-likeness (QED) is 0.0320. The van der Waals surface area contributed by atoms with Crippen molar-refractivity contribution in [1.82, 2.24) is 5.32 Å². The summed E-state index contributed by atoms with van der Waals surface area (Å²) in [6.07, 6.45) is 87.4. The Morgan fingerprint density at radius 3 is 0.850 bits per heavy atom. The molecule has 2 unspecified atom stereocenters. The number of aliphatic hydroxyl groups is 2. The molecular weight excluding hydrogens is 983 g/mol. The standard InChI is InChI=1S/C74H145NO5/c1-3-5-7-9-11-13-15-16-17-18-19-31-34-37-40-43-47-50-54-58-62-66-72(77)71(70-76)75-73(78)67-63-59-55-51-48-44-41-38-35-32-29-27-25-23-21-20-22-24-26-28-30-33-36-39-42-45-49-53-57-61-65-69-80-74(79)68-64-60-56-52-46-14-12-10-8-6-4-2/h62,66,71-72,76-77H,3-61,63-65,67-70H2,1-2H3,(H,75,78)/b66-62+. The molecule has 0 aliphatic rings. The summed E-state index contributed by atoms with van der Waals surface area (Å²) in [5.41, 5.74) is 0. The molecule has 0 aliphatic carbocycles. The molecule has 0 rings (SSSR count). The van der Waals surface area contributed by atoms with Crippen molar-refractivity contribution >= 4 is 11.9 Å². The second-order valence-electron chi connectivity index (χ2n) is 25.6. The van der Waals surface area contributed by atoms with Gasteiger partial charge in [-0.15, -0.1) is 0 Å². The van der Waals surface area contributed by atoms with Crippen molar-refractivity contribution in [2.75, 3.05) is 13.2 Å². The maximum Gasteiger partial charge on any atom is 0.305 e. The highest BCUT2D eigenvalue weighted by Crippen LogP contribution is 2.20. The lowest BCUT2D eigenvalue weighted by molar-refractivity contribution is -0.143. The number of carbonyl (C=O) groups is 2. The van der Waals surface area contributed by atoms with Gasteiger partial charge < -0.3 is 20.3 Å². The third-order valence-corrected chi connectivity index (χ3v) is 17.6. The normalized spacial score (nSPS) is 12.5. The van der Waals surface area contributed by atoms with E-state index in [2.05, 4.69) is 19.2 Å². The van der Waals surface area contributed by atoms with Gasteiger partial charge in [-0.25, -0.2) is 0 Å². The minimum absolute atomic E-state index is 0.0210. The van der Waals surface area contributed by atoms with Gasteiger partial charge in [0.25, 0.3) is 0 Å². The highest BCUT2D eigenvalue weighted by molar-refractivity contribution is 5.76. The second-order valence-corrected chi connectivity index (χ2v) is 25.6. The average molecular weight is 1130 g/mol. The molecule has 0 aromatic rings. The topological polar surface area (TPSA) is 95.9 Å². The van der Waals surface area contributed by atoms with E-state index in [9.17, 15) is 19.8 Å². The monoisotopic (exact) mass is 1130 g/mol. The van der Waals surface area contributed by atoms with Gasteiger partial charge in [-0.1, -0.05) is 392 Å². The van der Waals surface area contributed by atoms with E-state index < -0.39 is 12.1 Å². The van der Waals surface area contributed by atoms with Crippen LogP contribution >= 0.6 is 0 Å². The Balaban J connectivity index is 3.35. The van der Waals surface area contributed by atoms with Crippen LogP contribution in [-0.4, -0.2) is 47.4 Å². The molecule has 476 valence electrons. The molecular formula is C74H145NO5. The van der Waals surface area contributed by atoms with Crippen LogP contribution < -0.4 is 5.32 Å². The summed E-state index contributed by atoms with van der Waals surface area (Å²) >= 11 is 0. The van der Waals surface area contributed by atoms with Gasteiger partial charge in [-0.3, -0.25) is 9.59 Å². The van der Waals surface area contributed by atoms with E-state index in [-0.39, 0.29) is 18.5 Å². The number of hydrogen-bond acceptors (Lipinski definition) is 5. The molecule has 0 heterocycles. The first-order chi connectivity index (χ1) is 39.5. The molecule has 0 aromatic carbocycles. The molecule has 3 N–H and O–H groups in total. The first-order valence-electron chi connectivity index (χ1n) is 37.0. The molecule has 80 heavy (non-hydrogen) atoms. The van der Waals surface area contributed by atoms with Gasteiger partial charge in [-0.2, -0.15) is 0 Å². The summed E-state index contributed by atoms with van der Waals surface area (Å²) in [6, 6.07) is -0.625. The van der Waals surface area contributed by atoms with Gasteiger partial charge in [0.05, 0.1) is 25.4 Å². The van der Waals surface area contributed by atoms with Gasteiger partial charge in [0.2, 0.25) is 5.91 Å². The van der Waals surface area contributed by atoms with Crippen LogP contribution in [0.5, 0.6) is 0 Å². The summed E-state index contributed by atoms with van der Waals surface area (Å²) in [4.78, 5) is 24.5. The van der Waals surface area contributed by atoms with Crippen LogP contribution in [0.25, 0.3) is 0 Å². The van der Waals surface area contributed by atoms with Crippen LogP contribution in [-0.2, 0) is 14.3 Å². The first kappa shape index (κ1) is 78.6. The maximum absolute atomic E-state index is 12.5. The van der Waals surface area contributed by atoms with Crippen LogP contribution in [0.2, 0.25) is 0 Å². The molecule has 0 aromatic heterocycles. The molecule has 1 amide bonds. The number of amides is 1. The smallest absolute Gasteiger partial charge is 0.305 e. The van der Waals surface area contributed by atoms with Crippen molar-refractivity contribution in [3.63, 3.8) is 0 Å². The Morgan fingerprint density at radius 1 is 0.338 bits per heavy atom. The van der Waals surface area contributed by atoms with E-state index in [1.807, 2.05) is 6.08 Å². The van der Waals surface area contributed by atoms with Crippen molar-refractivity contribution in [2.24, 2.45) is 0 Å². The average Bonchev–Trinajstić information content (AvgIpc) is 3.46. The third-order valence-electron chi connectivity index (χ3n) is 17.6.